The number of benzene rings is 1. The fourth-order valence-electron chi connectivity index (χ4n) is 1.09. The summed E-state index contributed by atoms with van der Waals surface area (Å²) in [6, 6.07) is 4.65. The lowest BCUT2D eigenvalue weighted by Gasteiger charge is -2.15. The van der Waals surface area contributed by atoms with Crippen molar-refractivity contribution in [2.45, 2.75) is 0 Å². The summed E-state index contributed by atoms with van der Waals surface area (Å²) in [5.41, 5.74) is 12.0. The zero-order valence-electron chi connectivity index (χ0n) is 8.06. The van der Waals surface area contributed by atoms with E-state index in [0.29, 0.717) is 16.7 Å². The molecule has 0 aromatic heterocycles. The van der Waals surface area contributed by atoms with Crippen molar-refractivity contribution >= 4 is 24.3 Å². The summed E-state index contributed by atoms with van der Waals surface area (Å²) in [6.45, 7) is 0. The monoisotopic (exact) mass is 216 g/mol. The molecule has 78 valence electrons. The maximum atomic E-state index is 11.9. The Morgan fingerprint density at radius 1 is 1.21 bits per heavy atom. The molecule has 0 bridgehead atoms. The Kier molecular flexibility index (Phi) is 3.16. The van der Waals surface area contributed by atoms with E-state index in [0.717, 1.165) is 0 Å². The first kappa shape index (κ1) is 11.0. The van der Waals surface area contributed by atoms with Gasteiger partial charge in [-0.3, -0.25) is 4.57 Å². The summed E-state index contributed by atoms with van der Waals surface area (Å²) < 4.78 is 21.5. The molecular formula is C8H13N2O3P. The Hall–Kier alpha value is -1.03. The molecule has 0 saturated carbocycles. The van der Waals surface area contributed by atoms with Crippen molar-refractivity contribution in [2.24, 2.45) is 0 Å². The highest BCUT2D eigenvalue weighted by Crippen LogP contribution is 2.46. The molecule has 0 atom stereocenters. The highest BCUT2D eigenvalue weighted by Gasteiger charge is 2.26. The van der Waals surface area contributed by atoms with Crippen LogP contribution in [0.2, 0.25) is 0 Å². The molecule has 14 heavy (non-hydrogen) atoms. The highest BCUT2D eigenvalue weighted by atomic mass is 31.2. The minimum absolute atomic E-state index is 0.303. The van der Waals surface area contributed by atoms with Crippen LogP contribution >= 0.6 is 7.60 Å². The van der Waals surface area contributed by atoms with Gasteiger partial charge >= 0.3 is 7.60 Å². The van der Waals surface area contributed by atoms with Gasteiger partial charge in [-0.2, -0.15) is 0 Å². The van der Waals surface area contributed by atoms with Gasteiger partial charge in [-0.1, -0.05) is 0 Å². The smallest absolute Gasteiger partial charge is 0.362 e. The number of anilines is 2. The van der Waals surface area contributed by atoms with Crippen LogP contribution in [0.1, 0.15) is 0 Å². The normalized spacial score (nSPS) is 11.6. The van der Waals surface area contributed by atoms with Gasteiger partial charge in [0.05, 0.1) is 5.30 Å². The third kappa shape index (κ3) is 1.90. The summed E-state index contributed by atoms with van der Waals surface area (Å²) >= 11 is 0. The molecular weight excluding hydrogens is 203 g/mol. The number of hydrogen-bond acceptors (Lipinski definition) is 5. The molecule has 0 spiro atoms. The molecule has 0 saturated heterocycles. The minimum atomic E-state index is -3.27. The van der Waals surface area contributed by atoms with Crippen molar-refractivity contribution < 1.29 is 13.6 Å². The zero-order chi connectivity index (χ0) is 10.8. The molecule has 0 radical (unpaired) electrons. The summed E-state index contributed by atoms with van der Waals surface area (Å²) in [6.07, 6.45) is 0. The molecule has 0 fully saturated rings. The number of hydrogen-bond donors (Lipinski definition) is 2. The lowest BCUT2D eigenvalue weighted by molar-refractivity contribution is 0.287. The van der Waals surface area contributed by atoms with Crippen LogP contribution in [-0.4, -0.2) is 14.2 Å². The second-order valence-electron chi connectivity index (χ2n) is 2.68. The number of nitrogen functional groups attached to an aromatic ring is 2. The van der Waals surface area contributed by atoms with E-state index in [1.54, 1.807) is 12.1 Å². The first-order valence-corrected chi connectivity index (χ1v) is 5.45. The summed E-state index contributed by atoms with van der Waals surface area (Å²) in [4.78, 5) is 0. The van der Waals surface area contributed by atoms with E-state index in [1.165, 1.54) is 20.3 Å². The van der Waals surface area contributed by atoms with Crippen LogP contribution in [0.5, 0.6) is 0 Å². The van der Waals surface area contributed by atoms with Gasteiger partial charge < -0.3 is 20.5 Å². The van der Waals surface area contributed by atoms with E-state index in [9.17, 15) is 4.57 Å². The fourth-order valence-corrected chi connectivity index (χ4v) is 2.27. The predicted octanol–water partition coefficient (Wildman–Crippen LogP) is 0.962. The van der Waals surface area contributed by atoms with E-state index in [1.807, 2.05) is 0 Å². The molecule has 0 aliphatic rings. The van der Waals surface area contributed by atoms with Gasteiger partial charge in [-0.15, -0.1) is 0 Å². The van der Waals surface area contributed by atoms with Crippen LogP contribution < -0.4 is 16.8 Å². The van der Waals surface area contributed by atoms with E-state index >= 15 is 0 Å². The van der Waals surface area contributed by atoms with Crippen LogP contribution in [0.4, 0.5) is 11.4 Å². The standard InChI is InChI=1S/C8H13N2O3P/c1-12-14(11,13-2)8-4-3-6(9)5-7(8)10/h3-5H,9-10H2,1-2H3. The van der Waals surface area contributed by atoms with Crippen molar-refractivity contribution in [3.63, 3.8) is 0 Å². The van der Waals surface area contributed by atoms with Crippen molar-refractivity contribution in [1.29, 1.82) is 0 Å². The van der Waals surface area contributed by atoms with Gasteiger partial charge in [-0.05, 0) is 18.2 Å². The number of nitrogens with two attached hydrogens (primary N) is 2. The summed E-state index contributed by atoms with van der Waals surface area (Å²) in [7, 11) is -0.660. The van der Waals surface area contributed by atoms with Crippen molar-refractivity contribution in [1.82, 2.24) is 0 Å². The zero-order valence-corrected chi connectivity index (χ0v) is 8.95. The van der Waals surface area contributed by atoms with Crippen molar-refractivity contribution in [3.05, 3.63) is 18.2 Å². The molecule has 0 amide bonds. The Balaban J connectivity index is 3.25. The Labute approximate surface area is 82.5 Å². The largest absolute Gasteiger partial charge is 0.399 e. The molecule has 0 aliphatic carbocycles. The topological polar surface area (TPSA) is 87.6 Å². The number of rotatable bonds is 3. The Morgan fingerprint density at radius 2 is 1.79 bits per heavy atom. The third-order valence-corrected chi connectivity index (χ3v) is 3.79. The van der Waals surface area contributed by atoms with Gasteiger partial charge in [-0.25, -0.2) is 0 Å². The highest BCUT2D eigenvalue weighted by molar-refractivity contribution is 7.62. The average Bonchev–Trinajstić information content (AvgIpc) is 2.17. The Morgan fingerprint density at radius 3 is 2.21 bits per heavy atom. The summed E-state index contributed by atoms with van der Waals surface area (Å²) in [5, 5.41) is 0.330. The fraction of sp³-hybridized carbons (Fsp3) is 0.250. The van der Waals surface area contributed by atoms with E-state index in [2.05, 4.69) is 0 Å². The van der Waals surface area contributed by atoms with E-state index in [-0.39, 0.29) is 0 Å². The lowest BCUT2D eigenvalue weighted by Crippen LogP contribution is -2.13. The Bertz CT molecular complexity index is 373. The quantitative estimate of drug-likeness (QED) is 0.580. The van der Waals surface area contributed by atoms with Gasteiger partial charge in [0.15, 0.2) is 0 Å². The van der Waals surface area contributed by atoms with Crippen LogP contribution in [0, 0.1) is 0 Å². The first-order chi connectivity index (χ1) is 6.53. The van der Waals surface area contributed by atoms with Gasteiger partial charge in [0.1, 0.15) is 0 Å². The molecule has 6 heteroatoms. The van der Waals surface area contributed by atoms with Crippen LogP contribution in [-0.2, 0) is 13.6 Å². The maximum Gasteiger partial charge on any atom is 0.362 e. The van der Waals surface area contributed by atoms with Gasteiger partial charge in [0.2, 0.25) is 0 Å². The second-order valence-corrected chi connectivity index (χ2v) is 4.89. The molecule has 0 unspecified atom stereocenters. The van der Waals surface area contributed by atoms with Crippen LogP contribution in [0.15, 0.2) is 18.2 Å². The van der Waals surface area contributed by atoms with Gasteiger partial charge in [0.25, 0.3) is 0 Å². The SMILES string of the molecule is COP(=O)(OC)c1ccc(N)cc1N. The molecule has 0 aliphatic heterocycles. The van der Waals surface area contributed by atoms with E-state index in [4.69, 9.17) is 20.5 Å². The molecule has 4 N–H and O–H groups in total. The average molecular weight is 216 g/mol. The lowest BCUT2D eigenvalue weighted by atomic mass is 10.3. The van der Waals surface area contributed by atoms with Gasteiger partial charge in [0, 0.05) is 25.6 Å². The minimum Gasteiger partial charge on any atom is -0.399 e. The summed E-state index contributed by atoms with van der Waals surface area (Å²) in [5.74, 6) is 0. The third-order valence-electron chi connectivity index (χ3n) is 1.83. The predicted molar refractivity (Wildman–Crippen MR) is 56.5 cm³/mol. The van der Waals surface area contributed by atoms with E-state index < -0.39 is 7.60 Å². The maximum absolute atomic E-state index is 11.9. The molecule has 1 aromatic carbocycles. The first-order valence-electron chi connectivity index (χ1n) is 3.90. The van der Waals surface area contributed by atoms with Crippen molar-refractivity contribution in [2.75, 3.05) is 25.7 Å². The molecule has 0 heterocycles. The molecule has 1 aromatic rings. The second kappa shape index (κ2) is 4.00. The van der Waals surface area contributed by atoms with Crippen molar-refractivity contribution in [3.8, 4) is 0 Å². The molecule has 5 nitrogen and oxygen atoms in total. The van der Waals surface area contributed by atoms with Crippen LogP contribution in [0.3, 0.4) is 0 Å². The molecule has 1 rings (SSSR count). The van der Waals surface area contributed by atoms with Crippen LogP contribution in [0.25, 0.3) is 0 Å².